The second-order valence-corrected chi connectivity index (χ2v) is 6.41. The van der Waals surface area contributed by atoms with E-state index >= 15 is 0 Å². The first-order valence-corrected chi connectivity index (χ1v) is 7.94. The second-order valence-electron chi connectivity index (χ2n) is 5.10. The summed E-state index contributed by atoms with van der Waals surface area (Å²) in [5.41, 5.74) is 0.645. The van der Waals surface area contributed by atoms with Crippen molar-refractivity contribution < 1.29 is 9.34 Å². The Morgan fingerprint density at radius 2 is 1.92 bits per heavy atom. The predicted octanol–water partition coefficient (Wildman–Crippen LogP) is 2.94. The summed E-state index contributed by atoms with van der Waals surface area (Å²) in [5.74, 6) is 1.59. The van der Waals surface area contributed by atoms with Crippen LogP contribution in [0.1, 0.15) is 23.9 Å². The monoisotopic (exact) mass is 346 g/mol. The lowest BCUT2D eigenvalue weighted by molar-refractivity contribution is -0.384. The van der Waals surface area contributed by atoms with Gasteiger partial charge in [0.2, 0.25) is 11.8 Å². The number of non-ortho nitro benzene ring substituents is 1. The third-order valence-electron chi connectivity index (χ3n) is 3.45. The van der Waals surface area contributed by atoms with Gasteiger partial charge in [0.1, 0.15) is 5.82 Å². The van der Waals surface area contributed by atoms with Gasteiger partial charge in [0.15, 0.2) is 5.16 Å². The fourth-order valence-corrected chi connectivity index (χ4v) is 2.83. The molecule has 0 radical (unpaired) electrons. The molecule has 2 heterocycles. The number of benzene rings is 1. The van der Waals surface area contributed by atoms with Crippen molar-refractivity contribution in [3.8, 4) is 11.5 Å². The smallest absolute Gasteiger partial charge is 0.269 e. The zero-order chi connectivity index (χ0) is 17.3. The summed E-state index contributed by atoms with van der Waals surface area (Å²) in [6.45, 7) is 3.81. The average Bonchev–Trinajstić information content (AvgIpc) is 3.18. The summed E-state index contributed by atoms with van der Waals surface area (Å²) < 4.78 is 7.56. The molecule has 24 heavy (non-hydrogen) atoms. The van der Waals surface area contributed by atoms with Gasteiger partial charge in [0.05, 0.1) is 10.2 Å². The average molecular weight is 346 g/mol. The van der Waals surface area contributed by atoms with E-state index in [0.29, 0.717) is 17.3 Å². The molecule has 0 bridgehead atoms. The predicted molar refractivity (Wildman–Crippen MR) is 86.4 cm³/mol. The Labute approximate surface area is 141 Å². The van der Waals surface area contributed by atoms with Crippen LogP contribution in [0.5, 0.6) is 0 Å². The van der Waals surface area contributed by atoms with Crippen molar-refractivity contribution in [2.75, 3.05) is 0 Å². The summed E-state index contributed by atoms with van der Waals surface area (Å²) in [5, 5.41) is 27.5. The second kappa shape index (κ2) is 6.40. The molecule has 0 saturated heterocycles. The fourth-order valence-electron chi connectivity index (χ4n) is 1.94. The summed E-state index contributed by atoms with van der Waals surface area (Å²) in [4.78, 5) is 10.2. The van der Waals surface area contributed by atoms with Gasteiger partial charge in [-0.05, 0) is 26.0 Å². The summed E-state index contributed by atoms with van der Waals surface area (Å²) in [7, 11) is 1.89. The Hall–Kier alpha value is -2.75. The van der Waals surface area contributed by atoms with Crippen molar-refractivity contribution in [2.45, 2.75) is 24.3 Å². The maximum Gasteiger partial charge on any atom is 0.269 e. The minimum atomic E-state index is -0.454. The molecule has 0 aliphatic carbocycles. The van der Waals surface area contributed by atoms with Gasteiger partial charge in [-0.25, -0.2) is 0 Å². The SMILES string of the molecule is Cc1nnc(SC(C)c2nnc(-c3ccc([N+](=O)[O-])cc3)o2)n1C. The molecule has 124 valence electrons. The highest BCUT2D eigenvalue weighted by molar-refractivity contribution is 7.99. The molecule has 0 N–H and O–H groups in total. The number of nitro benzene ring substituents is 1. The van der Waals surface area contributed by atoms with Crippen LogP contribution in [0.3, 0.4) is 0 Å². The molecular weight excluding hydrogens is 332 g/mol. The van der Waals surface area contributed by atoms with Crippen molar-refractivity contribution >= 4 is 17.4 Å². The van der Waals surface area contributed by atoms with Crippen LogP contribution >= 0.6 is 11.8 Å². The van der Waals surface area contributed by atoms with Crippen LogP contribution in [-0.4, -0.2) is 29.9 Å². The zero-order valence-corrected chi connectivity index (χ0v) is 14.0. The molecule has 9 nitrogen and oxygen atoms in total. The molecule has 10 heteroatoms. The first kappa shape index (κ1) is 16.1. The molecule has 3 aromatic rings. The Morgan fingerprint density at radius 1 is 1.21 bits per heavy atom. The molecule has 0 spiro atoms. The van der Waals surface area contributed by atoms with Gasteiger partial charge < -0.3 is 8.98 Å². The van der Waals surface area contributed by atoms with Gasteiger partial charge >= 0.3 is 0 Å². The molecule has 0 saturated carbocycles. The minimum absolute atomic E-state index is 0.0139. The van der Waals surface area contributed by atoms with Crippen LogP contribution in [0, 0.1) is 17.0 Å². The molecule has 1 unspecified atom stereocenters. The van der Waals surface area contributed by atoms with Gasteiger partial charge in [-0.2, -0.15) is 0 Å². The first-order chi connectivity index (χ1) is 11.5. The molecule has 2 aromatic heterocycles. The number of thioether (sulfide) groups is 1. The van der Waals surface area contributed by atoms with Crippen LogP contribution in [0.25, 0.3) is 11.5 Å². The number of aryl methyl sites for hydroxylation is 1. The number of hydrogen-bond acceptors (Lipinski definition) is 8. The van der Waals surface area contributed by atoms with Crippen LogP contribution in [0.15, 0.2) is 33.8 Å². The van der Waals surface area contributed by atoms with Crippen molar-refractivity contribution in [2.24, 2.45) is 7.05 Å². The first-order valence-electron chi connectivity index (χ1n) is 7.06. The molecule has 3 rings (SSSR count). The Bertz CT molecular complexity index is 873. The van der Waals surface area contributed by atoms with Gasteiger partial charge in [-0.1, -0.05) is 11.8 Å². The molecule has 0 fully saturated rings. The van der Waals surface area contributed by atoms with Gasteiger partial charge in [0.25, 0.3) is 5.69 Å². The maximum absolute atomic E-state index is 10.7. The van der Waals surface area contributed by atoms with E-state index in [0.717, 1.165) is 11.0 Å². The van der Waals surface area contributed by atoms with E-state index in [1.54, 1.807) is 12.1 Å². The van der Waals surface area contributed by atoms with E-state index in [1.807, 2.05) is 25.5 Å². The lowest BCUT2D eigenvalue weighted by atomic mass is 10.2. The van der Waals surface area contributed by atoms with Crippen LogP contribution in [0.4, 0.5) is 5.69 Å². The van der Waals surface area contributed by atoms with E-state index in [1.165, 1.54) is 23.9 Å². The highest BCUT2D eigenvalue weighted by Crippen LogP contribution is 2.34. The van der Waals surface area contributed by atoms with Gasteiger partial charge in [-0.15, -0.1) is 20.4 Å². The Balaban J connectivity index is 1.77. The standard InChI is InChI=1S/C14H14N6O3S/c1-8(24-14-18-15-9(2)19(14)3)12-16-17-13(23-12)10-4-6-11(7-5-10)20(21)22/h4-8H,1-3H3. The largest absolute Gasteiger partial charge is 0.419 e. The molecule has 0 amide bonds. The van der Waals surface area contributed by atoms with Gasteiger partial charge in [0, 0.05) is 24.7 Å². The van der Waals surface area contributed by atoms with Crippen molar-refractivity contribution in [1.82, 2.24) is 25.0 Å². The van der Waals surface area contributed by atoms with Crippen molar-refractivity contribution in [1.29, 1.82) is 0 Å². The Morgan fingerprint density at radius 3 is 2.50 bits per heavy atom. The summed E-state index contributed by atoms with van der Waals surface area (Å²) >= 11 is 1.46. The topological polar surface area (TPSA) is 113 Å². The lowest BCUT2D eigenvalue weighted by Crippen LogP contribution is -1.96. The molecule has 0 aliphatic heterocycles. The quantitative estimate of drug-likeness (QED) is 0.393. The number of nitrogens with zero attached hydrogens (tertiary/aromatic N) is 6. The maximum atomic E-state index is 10.7. The van der Waals surface area contributed by atoms with E-state index < -0.39 is 4.92 Å². The highest BCUT2D eigenvalue weighted by Gasteiger charge is 2.19. The van der Waals surface area contributed by atoms with E-state index in [4.69, 9.17) is 4.42 Å². The summed E-state index contributed by atoms with van der Waals surface area (Å²) in [6, 6.07) is 5.97. The fraction of sp³-hybridized carbons (Fsp3) is 0.286. The third kappa shape index (κ3) is 3.13. The third-order valence-corrected chi connectivity index (χ3v) is 4.57. The summed E-state index contributed by atoms with van der Waals surface area (Å²) in [6.07, 6.45) is 0. The lowest BCUT2D eigenvalue weighted by Gasteiger charge is -2.05. The molecule has 1 aromatic carbocycles. The number of hydrogen-bond donors (Lipinski definition) is 0. The number of aromatic nitrogens is 5. The highest BCUT2D eigenvalue weighted by atomic mass is 32.2. The van der Waals surface area contributed by atoms with E-state index in [9.17, 15) is 10.1 Å². The number of rotatable bonds is 5. The number of nitro groups is 1. The molecule has 0 aliphatic rings. The normalized spacial score (nSPS) is 12.3. The minimum Gasteiger partial charge on any atom is -0.419 e. The van der Waals surface area contributed by atoms with Gasteiger partial charge in [-0.3, -0.25) is 10.1 Å². The molecular formula is C14H14N6O3S. The van der Waals surface area contributed by atoms with E-state index in [-0.39, 0.29) is 10.9 Å². The van der Waals surface area contributed by atoms with Crippen LogP contribution in [-0.2, 0) is 7.05 Å². The van der Waals surface area contributed by atoms with Crippen molar-refractivity contribution in [3.05, 3.63) is 46.1 Å². The van der Waals surface area contributed by atoms with Crippen molar-refractivity contribution in [3.63, 3.8) is 0 Å². The Kier molecular flexibility index (Phi) is 4.30. The zero-order valence-electron chi connectivity index (χ0n) is 13.2. The van der Waals surface area contributed by atoms with Crippen LogP contribution in [0.2, 0.25) is 0 Å². The van der Waals surface area contributed by atoms with Crippen LogP contribution < -0.4 is 0 Å². The molecule has 1 atom stereocenters. The van der Waals surface area contributed by atoms with E-state index in [2.05, 4.69) is 20.4 Å².